The monoisotopic (exact) mass is 311 g/mol. The van der Waals surface area contributed by atoms with E-state index in [4.69, 9.17) is 21.1 Å². The van der Waals surface area contributed by atoms with Crippen LogP contribution < -0.4 is 9.47 Å². The topological polar surface area (TPSA) is 38.8 Å². The Bertz CT molecular complexity index is 492. The van der Waals surface area contributed by atoms with E-state index in [9.17, 15) is 4.79 Å². The Balaban J connectivity index is 2.25. The molecule has 0 spiro atoms. The van der Waals surface area contributed by atoms with Crippen LogP contribution in [0.1, 0.15) is 36.0 Å². The predicted molar refractivity (Wildman–Crippen MR) is 83.6 cm³/mol. The van der Waals surface area contributed by atoms with Crippen LogP contribution in [0.15, 0.2) is 18.2 Å². The van der Waals surface area contributed by atoms with Gasteiger partial charge in [0.25, 0.3) is 5.91 Å². The Hall–Kier alpha value is -1.42. The first-order valence-electron chi connectivity index (χ1n) is 7.30. The second-order valence-corrected chi connectivity index (χ2v) is 5.53. The van der Waals surface area contributed by atoms with Gasteiger partial charge in [-0.1, -0.05) is 12.8 Å². The average Bonchev–Trinajstić information content (AvgIpc) is 2.78. The highest BCUT2D eigenvalue weighted by atomic mass is 35.5. The van der Waals surface area contributed by atoms with Crippen molar-refractivity contribution in [2.45, 2.75) is 31.7 Å². The number of benzene rings is 1. The number of hydrogen-bond acceptors (Lipinski definition) is 3. The van der Waals surface area contributed by atoms with Crippen LogP contribution in [-0.4, -0.2) is 43.5 Å². The van der Waals surface area contributed by atoms with Crippen LogP contribution >= 0.6 is 11.6 Å². The molecule has 0 aromatic heterocycles. The van der Waals surface area contributed by atoms with Gasteiger partial charge < -0.3 is 14.4 Å². The van der Waals surface area contributed by atoms with Crippen molar-refractivity contribution < 1.29 is 14.3 Å². The molecule has 0 bridgehead atoms. The van der Waals surface area contributed by atoms with Gasteiger partial charge in [-0.25, -0.2) is 0 Å². The fourth-order valence-corrected chi connectivity index (χ4v) is 3.06. The minimum atomic E-state index is 0.0171. The fraction of sp³-hybridized carbons (Fsp3) is 0.562. The van der Waals surface area contributed by atoms with Gasteiger partial charge in [0, 0.05) is 24.0 Å². The minimum Gasteiger partial charge on any atom is -0.493 e. The third-order valence-corrected chi connectivity index (χ3v) is 4.30. The highest BCUT2D eigenvalue weighted by Gasteiger charge is 2.26. The van der Waals surface area contributed by atoms with Crippen molar-refractivity contribution in [3.63, 3.8) is 0 Å². The lowest BCUT2D eigenvalue weighted by molar-refractivity contribution is 0.0700. The van der Waals surface area contributed by atoms with E-state index in [0.29, 0.717) is 22.9 Å². The van der Waals surface area contributed by atoms with Crippen LogP contribution in [0.5, 0.6) is 11.5 Å². The number of alkyl halides is 1. The first kappa shape index (κ1) is 16.0. The van der Waals surface area contributed by atoms with E-state index in [-0.39, 0.29) is 11.9 Å². The Morgan fingerprint density at radius 1 is 1.24 bits per heavy atom. The zero-order valence-corrected chi connectivity index (χ0v) is 13.4. The molecule has 0 radical (unpaired) electrons. The van der Waals surface area contributed by atoms with E-state index in [0.717, 1.165) is 32.2 Å². The molecular formula is C16H22ClNO3. The van der Waals surface area contributed by atoms with Crippen LogP contribution in [0.4, 0.5) is 0 Å². The largest absolute Gasteiger partial charge is 0.493 e. The number of ether oxygens (including phenoxy) is 2. The lowest BCUT2D eigenvalue weighted by Gasteiger charge is -2.28. The van der Waals surface area contributed by atoms with Crippen molar-refractivity contribution in [2.24, 2.45) is 0 Å². The molecule has 116 valence electrons. The molecule has 5 heteroatoms. The van der Waals surface area contributed by atoms with E-state index >= 15 is 0 Å². The Labute approximate surface area is 131 Å². The first-order chi connectivity index (χ1) is 10.2. The molecule has 1 atom stereocenters. The van der Waals surface area contributed by atoms with Gasteiger partial charge in [0.2, 0.25) is 0 Å². The fourth-order valence-electron chi connectivity index (χ4n) is 2.74. The van der Waals surface area contributed by atoms with Gasteiger partial charge in [0.05, 0.1) is 14.2 Å². The molecule has 21 heavy (non-hydrogen) atoms. The van der Waals surface area contributed by atoms with Crippen molar-refractivity contribution >= 4 is 17.5 Å². The number of halogens is 1. The Morgan fingerprint density at radius 3 is 2.67 bits per heavy atom. The summed E-state index contributed by atoms with van der Waals surface area (Å²) in [4.78, 5) is 14.7. The van der Waals surface area contributed by atoms with Crippen molar-refractivity contribution in [3.05, 3.63) is 23.8 Å². The van der Waals surface area contributed by atoms with E-state index < -0.39 is 0 Å². The summed E-state index contributed by atoms with van der Waals surface area (Å²) in [5, 5.41) is 0. The molecule has 1 fully saturated rings. The molecule has 4 nitrogen and oxygen atoms in total. The zero-order chi connectivity index (χ0) is 15.2. The maximum absolute atomic E-state index is 12.8. The number of amides is 1. The third kappa shape index (κ3) is 3.62. The summed E-state index contributed by atoms with van der Waals surface area (Å²) in [6, 6.07) is 5.39. The number of methoxy groups -OCH3 is 2. The number of carbonyl (C=O) groups is 1. The molecule has 1 heterocycles. The molecule has 1 amide bonds. The molecule has 1 unspecified atom stereocenters. The summed E-state index contributed by atoms with van der Waals surface area (Å²) in [5.74, 6) is 1.70. The smallest absolute Gasteiger partial charge is 0.254 e. The average molecular weight is 312 g/mol. The van der Waals surface area contributed by atoms with Crippen molar-refractivity contribution in [3.8, 4) is 11.5 Å². The Morgan fingerprint density at radius 2 is 2.00 bits per heavy atom. The van der Waals surface area contributed by atoms with Crippen molar-refractivity contribution in [1.29, 1.82) is 0 Å². The van der Waals surface area contributed by atoms with Crippen LogP contribution in [0, 0.1) is 0 Å². The molecule has 1 aromatic carbocycles. The second-order valence-electron chi connectivity index (χ2n) is 5.23. The highest BCUT2D eigenvalue weighted by molar-refractivity contribution is 6.18. The van der Waals surface area contributed by atoms with Crippen molar-refractivity contribution in [2.75, 3.05) is 26.6 Å². The molecule has 1 aromatic rings. The molecule has 1 saturated heterocycles. The summed E-state index contributed by atoms with van der Waals surface area (Å²) in [5.41, 5.74) is 0.615. The van der Waals surface area contributed by atoms with Gasteiger partial charge in [-0.15, -0.1) is 11.6 Å². The molecule has 1 aliphatic heterocycles. The van der Waals surface area contributed by atoms with E-state index in [1.54, 1.807) is 32.4 Å². The quantitative estimate of drug-likeness (QED) is 0.801. The molecule has 1 aliphatic rings. The molecule has 0 saturated carbocycles. The van der Waals surface area contributed by atoms with Gasteiger partial charge in [0.15, 0.2) is 11.5 Å². The zero-order valence-electron chi connectivity index (χ0n) is 12.6. The first-order valence-corrected chi connectivity index (χ1v) is 7.83. The number of rotatable bonds is 4. The van der Waals surface area contributed by atoms with E-state index in [2.05, 4.69) is 0 Å². The summed E-state index contributed by atoms with van der Waals surface area (Å²) in [6.07, 6.45) is 4.30. The number of carbonyl (C=O) groups excluding carboxylic acids is 1. The Kier molecular flexibility index (Phi) is 5.74. The minimum absolute atomic E-state index is 0.0171. The van der Waals surface area contributed by atoms with Gasteiger partial charge in [0.1, 0.15) is 0 Å². The van der Waals surface area contributed by atoms with Gasteiger partial charge in [-0.05, 0) is 31.0 Å². The standard InChI is InChI=1S/C16H22ClNO3/c1-20-14-8-7-12(10-15(14)21-2)16(19)18-9-5-3-4-6-13(18)11-17/h7-8,10,13H,3-6,9,11H2,1-2H3. The lowest BCUT2D eigenvalue weighted by Crippen LogP contribution is -2.41. The predicted octanol–water partition coefficient (Wildman–Crippen LogP) is 3.33. The summed E-state index contributed by atoms with van der Waals surface area (Å²) in [7, 11) is 3.15. The second kappa shape index (κ2) is 7.55. The van der Waals surface area contributed by atoms with Crippen LogP contribution in [-0.2, 0) is 0 Å². The van der Waals surface area contributed by atoms with Gasteiger partial charge >= 0.3 is 0 Å². The van der Waals surface area contributed by atoms with Gasteiger partial charge in [-0.3, -0.25) is 4.79 Å². The summed E-state index contributed by atoms with van der Waals surface area (Å²) < 4.78 is 10.5. The number of likely N-dealkylation sites (tertiary alicyclic amines) is 1. The molecule has 2 rings (SSSR count). The number of hydrogen-bond donors (Lipinski definition) is 0. The van der Waals surface area contributed by atoms with Crippen LogP contribution in [0.3, 0.4) is 0 Å². The van der Waals surface area contributed by atoms with Crippen molar-refractivity contribution in [1.82, 2.24) is 4.90 Å². The summed E-state index contributed by atoms with van der Waals surface area (Å²) >= 11 is 6.05. The highest BCUT2D eigenvalue weighted by Crippen LogP contribution is 2.29. The van der Waals surface area contributed by atoms with Gasteiger partial charge in [-0.2, -0.15) is 0 Å². The maximum atomic E-state index is 12.8. The third-order valence-electron chi connectivity index (χ3n) is 3.95. The molecule has 0 N–H and O–H groups in total. The lowest BCUT2D eigenvalue weighted by atomic mass is 10.1. The van der Waals surface area contributed by atoms with E-state index in [1.165, 1.54) is 0 Å². The number of nitrogens with zero attached hydrogens (tertiary/aromatic N) is 1. The maximum Gasteiger partial charge on any atom is 0.254 e. The van der Waals surface area contributed by atoms with E-state index in [1.807, 2.05) is 4.90 Å². The van der Waals surface area contributed by atoms with Crippen LogP contribution in [0.2, 0.25) is 0 Å². The SMILES string of the molecule is COc1ccc(C(=O)N2CCCCCC2CCl)cc1OC. The molecule has 0 aliphatic carbocycles. The molecular weight excluding hydrogens is 290 g/mol. The normalized spacial score (nSPS) is 19.0. The van der Waals surface area contributed by atoms with Crippen LogP contribution in [0.25, 0.3) is 0 Å². The summed E-state index contributed by atoms with van der Waals surface area (Å²) in [6.45, 7) is 0.768.